The Morgan fingerprint density at radius 1 is 1.47 bits per heavy atom. The van der Waals surface area contributed by atoms with Crippen LogP contribution in [0.15, 0.2) is 12.4 Å². The average molecular weight is 262 g/mol. The molecule has 1 atom stereocenters. The first-order chi connectivity index (χ1) is 9.22. The van der Waals surface area contributed by atoms with Gasteiger partial charge in [-0.2, -0.15) is 0 Å². The number of aromatic nitrogens is 2. The summed E-state index contributed by atoms with van der Waals surface area (Å²) in [6.45, 7) is 6.97. The molecule has 1 saturated heterocycles. The van der Waals surface area contributed by atoms with E-state index >= 15 is 0 Å². The molecule has 0 bridgehead atoms. The highest BCUT2D eigenvalue weighted by Crippen LogP contribution is 2.16. The summed E-state index contributed by atoms with van der Waals surface area (Å²) >= 11 is 0. The van der Waals surface area contributed by atoms with Gasteiger partial charge in [0.15, 0.2) is 0 Å². The fourth-order valence-corrected chi connectivity index (χ4v) is 2.63. The van der Waals surface area contributed by atoms with Gasteiger partial charge in [0.2, 0.25) is 0 Å². The van der Waals surface area contributed by atoms with Crippen molar-refractivity contribution in [3.8, 4) is 0 Å². The predicted octanol–water partition coefficient (Wildman–Crippen LogP) is 1.39. The molecule has 0 aliphatic carbocycles. The Bertz CT molecular complexity index is 435. The molecule has 1 fully saturated rings. The molecular formula is C14H22N4O. The highest BCUT2D eigenvalue weighted by molar-refractivity contribution is 5.93. The Hall–Kier alpha value is -1.49. The first kappa shape index (κ1) is 13.9. The molecule has 19 heavy (non-hydrogen) atoms. The van der Waals surface area contributed by atoms with E-state index in [1.165, 1.54) is 12.8 Å². The van der Waals surface area contributed by atoms with Crippen molar-refractivity contribution in [1.82, 2.24) is 20.2 Å². The van der Waals surface area contributed by atoms with Gasteiger partial charge in [-0.25, -0.2) is 4.98 Å². The lowest BCUT2D eigenvalue weighted by atomic mass is 10.2. The van der Waals surface area contributed by atoms with Crippen LogP contribution in [0.4, 0.5) is 0 Å². The topological polar surface area (TPSA) is 58.1 Å². The van der Waals surface area contributed by atoms with Gasteiger partial charge in [-0.15, -0.1) is 0 Å². The van der Waals surface area contributed by atoms with E-state index < -0.39 is 0 Å². The molecule has 0 saturated carbocycles. The number of hydrogen-bond donors (Lipinski definition) is 1. The van der Waals surface area contributed by atoms with Crippen LogP contribution in [0.25, 0.3) is 0 Å². The summed E-state index contributed by atoms with van der Waals surface area (Å²) in [5, 5.41) is 2.99. The van der Waals surface area contributed by atoms with Gasteiger partial charge in [-0.05, 0) is 39.3 Å². The Labute approximate surface area is 114 Å². The molecule has 0 spiro atoms. The monoisotopic (exact) mass is 262 g/mol. The zero-order chi connectivity index (χ0) is 13.7. The summed E-state index contributed by atoms with van der Waals surface area (Å²) < 4.78 is 0. The maximum atomic E-state index is 12.1. The number of carbonyl (C=O) groups excluding carboxylic acids is 1. The van der Waals surface area contributed by atoms with Crippen molar-refractivity contribution in [2.45, 2.75) is 39.2 Å². The standard InChI is InChI=1S/C14H22N4O/c1-3-8-18-9-4-5-12(18)10-17-14(19)13-11(2)15-6-7-16-13/h6-7,12H,3-5,8-10H2,1-2H3,(H,17,19)/t12-/m0/s1. The van der Waals surface area contributed by atoms with Crippen molar-refractivity contribution >= 4 is 5.91 Å². The number of rotatable bonds is 5. The van der Waals surface area contributed by atoms with Crippen LogP contribution in [-0.4, -0.2) is 46.5 Å². The van der Waals surface area contributed by atoms with Gasteiger partial charge in [-0.1, -0.05) is 6.92 Å². The Kier molecular flexibility index (Phi) is 4.85. The third-order valence-corrected chi connectivity index (χ3v) is 3.60. The van der Waals surface area contributed by atoms with Crippen molar-refractivity contribution < 1.29 is 4.79 Å². The molecule has 0 unspecified atom stereocenters. The maximum absolute atomic E-state index is 12.1. The normalized spacial score (nSPS) is 19.6. The van der Waals surface area contributed by atoms with Crippen molar-refractivity contribution in [2.24, 2.45) is 0 Å². The Balaban J connectivity index is 1.88. The summed E-state index contributed by atoms with van der Waals surface area (Å²) in [7, 11) is 0. The minimum absolute atomic E-state index is 0.117. The third-order valence-electron chi connectivity index (χ3n) is 3.60. The summed E-state index contributed by atoms with van der Waals surface area (Å²) in [5.74, 6) is -0.117. The van der Waals surface area contributed by atoms with Gasteiger partial charge in [0, 0.05) is 25.0 Å². The van der Waals surface area contributed by atoms with Crippen molar-refractivity contribution in [1.29, 1.82) is 0 Å². The number of likely N-dealkylation sites (tertiary alicyclic amines) is 1. The molecule has 0 aromatic carbocycles. The van der Waals surface area contributed by atoms with Crippen molar-refractivity contribution in [3.63, 3.8) is 0 Å². The van der Waals surface area contributed by atoms with Crippen LogP contribution in [0.2, 0.25) is 0 Å². The van der Waals surface area contributed by atoms with Crippen LogP contribution in [0.3, 0.4) is 0 Å². The zero-order valence-electron chi connectivity index (χ0n) is 11.7. The molecule has 1 aliphatic heterocycles. The number of carbonyl (C=O) groups is 1. The first-order valence-electron chi connectivity index (χ1n) is 7.02. The summed E-state index contributed by atoms with van der Waals surface area (Å²) in [4.78, 5) is 22.7. The van der Waals surface area contributed by atoms with E-state index in [-0.39, 0.29) is 5.91 Å². The molecule has 2 rings (SSSR count). The number of aryl methyl sites for hydroxylation is 1. The molecule has 1 amide bonds. The molecule has 2 heterocycles. The molecular weight excluding hydrogens is 240 g/mol. The number of nitrogens with one attached hydrogen (secondary N) is 1. The summed E-state index contributed by atoms with van der Waals surface area (Å²) in [6, 6.07) is 0.473. The first-order valence-corrected chi connectivity index (χ1v) is 7.02. The molecule has 0 radical (unpaired) electrons. The van der Waals surface area contributed by atoms with Crippen LogP contribution in [0.5, 0.6) is 0 Å². The second-order valence-corrected chi connectivity index (χ2v) is 5.03. The van der Waals surface area contributed by atoms with E-state index in [1.807, 2.05) is 0 Å². The van der Waals surface area contributed by atoms with Crippen LogP contribution in [0, 0.1) is 6.92 Å². The smallest absolute Gasteiger partial charge is 0.271 e. The van der Waals surface area contributed by atoms with E-state index in [4.69, 9.17) is 0 Å². The fourth-order valence-electron chi connectivity index (χ4n) is 2.63. The van der Waals surface area contributed by atoms with E-state index in [9.17, 15) is 4.79 Å². The minimum Gasteiger partial charge on any atom is -0.349 e. The average Bonchev–Trinajstić information content (AvgIpc) is 2.84. The molecule has 1 aromatic rings. The van der Waals surface area contributed by atoms with E-state index in [1.54, 1.807) is 19.3 Å². The van der Waals surface area contributed by atoms with Gasteiger partial charge >= 0.3 is 0 Å². The molecule has 104 valence electrons. The van der Waals surface area contributed by atoms with Crippen LogP contribution in [0.1, 0.15) is 42.4 Å². The third kappa shape index (κ3) is 3.50. The zero-order valence-corrected chi connectivity index (χ0v) is 11.7. The predicted molar refractivity (Wildman–Crippen MR) is 74.0 cm³/mol. The number of nitrogens with zero attached hydrogens (tertiary/aromatic N) is 3. The van der Waals surface area contributed by atoms with Gasteiger partial charge in [0.05, 0.1) is 5.69 Å². The van der Waals surface area contributed by atoms with E-state index in [0.29, 0.717) is 24.0 Å². The van der Waals surface area contributed by atoms with Crippen LogP contribution in [-0.2, 0) is 0 Å². The van der Waals surface area contributed by atoms with E-state index in [2.05, 4.69) is 27.1 Å². The molecule has 5 heteroatoms. The second-order valence-electron chi connectivity index (χ2n) is 5.03. The molecule has 5 nitrogen and oxygen atoms in total. The quantitative estimate of drug-likeness (QED) is 0.871. The fraction of sp³-hybridized carbons (Fsp3) is 0.643. The SMILES string of the molecule is CCCN1CCC[C@H]1CNC(=O)c1nccnc1C. The largest absolute Gasteiger partial charge is 0.349 e. The van der Waals surface area contributed by atoms with Gasteiger partial charge < -0.3 is 5.32 Å². The maximum Gasteiger partial charge on any atom is 0.271 e. The summed E-state index contributed by atoms with van der Waals surface area (Å²) in [6.07, 6.45) is 6.71. The van der Waals surface area contributed by atoms with Crippen molar-refractivity contribution in [3.05, 3.63) is 23.8 Å². The second kappa shape index (κ2) is 6.61. The highest BCUT2D eigenvalue weighted by Gasteiger charge is 2.24. The van der Waals surface area contributed by atoms with Crippen molar-refractivity contribution in [2.75, 3.05) is 19.6 Å². The Morgan fingerprint density at radius 2 is 2.26 bits per heavy atom. The Morgan fingerprint density at radius 3 is 3.00 bits per heavy atom. The molecule has 1 aliphatic rings. The lowest BCUT2D eigenvalue weighted by Gasteiger charge is -2.24. The number of amides is 1. The van der Waals surface area contributed by atoms with Gasteiger partial charge in [0.25, 0.3) is 5.91 Å². The summed E-state index contributed by atoms with van der Waals surface area (Å²) in [5.41, 5.74) is 1.11. The lowest BCUT2D eigenvalue weighted by molar-refractivity contribution is 0.0934. The van der Waals surface area contributed by atoms with Gasteiger partial charge in [0.1, 0.15) is 5.69 Å². The number of hydrogen-bond acceptors (Lipinski definition) is 4. The highest BCUT2D eigenvalue weighted by atomic mass is 16.1. The lowest BCUT2D eigenvalue weighted by Crippen LogP contribution is -2.40. The van der Waals surface area contributed by atoms with Gasteiger partial charge in [-0.3, -0.25) is 14.7 Å². The molecule has 1 N–H and O–H groups in total. The van der Waals surface area contributed by atoms with Crippen LogP contribution < -0.4 is 5.32 Å². The van der Waals surface area contributed by atoms with Crippen LogP contribution >= 0.6 is 0 Å². The van der Waals surface area contributed by atoms with E-state index in [0.717, 1.165) is 19.5 Å². The minimum atomic E-state index is -0.117. The molecule has 1 aromatic heterocycles.